The Labute approximate surface area is 130 Å². The van der Waals surface area contributed by atoms with Gasteiger partial charge >= 0.3 is 0 Å². The molecule has 1 unspecified atom stereocenters. The van der Waals surface area contributed by atoms with E-state index in [4.69, 9.17) is 11.6 Å². The van der Waals surface area contributed by atoms with Crippen LogP contribution in [0.2, 0.25) is 5.02 Å². The number of rotatable bonds is 4. The number of nitrogens with one attached hydrogen (secondary N) is 1. The highest BCUT2D eigenvalue weighted by atomic mass is 35.5. The first-order chi connectivity index (χ1) is 9.88. The van der Waals surface area contributed by atoms with Gasteiger partial charge in [0.15, 0.2) is 0 Å². The number of benzene rings is 2. The standard InChI is InChI=1S/C17H20ClFN2/c1-11-5-7-14(10-17(11)21(3)4)20-12(2)13-6-8-15(18)16(19)9-13/h5-10,12,20H,1-4H3. The third-order valence-electron chi connectivity index (χ3n) is 3.52. The second kappa shape index (κ2) is 6.35. The van der Waals surface area contributed by atoms with Gasteiger partial charge in [0.2, 0.25) is 0 Å². The lowest BCUT2D eigenvalue weighted by atomic mass is 10.1. The molecule has 21 heavy (non-hydrogen) atoms. The molecule has 2 rings (SSSR count). The average Bonchev–Trinajstić information content (AvgIpc) is 2.43. The van der Waals surface area contributed by atoms with Gasteiger partial charge in [0.05, 0.1) is 5.02 Å². The SMILES string of the molecule is Cc1ccc(NC(C)c2ccc(Cl)c(F)c2)cc1N(C)C. The van der Waals surface area contributed by atoms with E-state index in [2.05, 4.69) is 29.3 Å². The highest BCUT2D eigenvalue weighted by Crippen LogP contribution is 2.27. The van der Waals surface area contributed by atoms with Crippen molar-refractivity contribution in [1.82, 2.24) is 0 Å². The molecule has 2 nitrogen and oxygen atoms in total. The molecule has 0 aromatic heterocycles. The van der Waals surface area contributed by atoms with Gasteiger partial charge < -0.3 is 10.2 Å². The molecule has 0 aliphatic carbocycles. The Morgan fingerprint density at radius 3 is 2.48 bits per heavy atom. The van der Waals surface area contributed by atoms with E-state index in [1.54, 1.807) is 6.07 Å². The highest BCUT2D eigenvalue weighted by molar-refractivity contribution is 6.30. The zero-order valence-electron chi connectivity index (χ0n) is 12.7. The van der Waals surface area contributed by atoms with E-state index in [1.165, 1.54) is 11.6 Å². The lowest BCUT2D eigenvalue weighted by Gasteiger charge is -2.20. The molecule has 4 heteroatoms. The van der Waals surface area contributed by atoms with E-state index in [0.717, 1.165) is 16.9 Å². The summed E-state index contributed by atoms with van der Waals surface area (Å²) in [6.07, 6.45) is 0. The fourth-order valence-electron chi connectivity index (χ4n) is 2.30. The van der Waals surface area contributed by atoms with Gasteiger partial charge in [-0.2, -0.15) is 0 Å². The van der Waals surface area contributed by atoms with E-state index >= 15 is 0 Å². The molecular formula is C17H20ClFN2. The summed E-state index contributed by atoms with van der Waals surface area (Å²) in [5.74, 6) is -0.388. The summed E-state index contributed by atoms with van der Waals surface area (Å²) < 4.78 is 13.5. The van der Waals surface area contributed by atoms with Gasteiger partial charge in [-0.3, -0.25) is 0 Å². The van der Waals surface area contributed by atoms with Gasteiger partial charge in [0.25, 0.3) is 0 Å². The number of anilines is 2. The molecule has 0 aliphatic rings. The molecule has 0 spiro atoms. The monoisotopic (exact) mass is 306 g/mol. The summed E-state index contributed by atoms with van der Waals surface area (Å²) in [5, 5.41) is 3.54. The van der Waals surface area contributed by atoms with Crippen molar-refractivity contribution >= 4 is 23.0 Å². The van der Waals surface area contributed by atoms with Gasteiger partial charge in [-0.25, -0.2) is 4.39 Å². The van der Waals surface area contributed by atoms with Crippen LogP contribution >= 0.6 is 11.6 Å². The second-order valence-electron chi connectivity index (χ2n) is 5.44. The molecule has 0 bridgehead atoms. The molecule has 1 atom stereocenters. The van der Waals surface area contributed by atoms with E-state index < -0.39 is 0 Å². The van der Waals surface area contributed by atoms with Crippen LogP contribution in [0.5, 0.6) is 0 Å². The van der Waals surface area contributed by atoms with Gasteiger partial charge in [-0.05, 0) is 49.2 Å². The smallest absolute Gasteiger partial charge is 0.142 e. The van der Waals surface area contributed by atoms with E-state index in [0.29, 0.717) is 0 Å². The van der Waals surface area contributed by atoms with Gasteiger partial charge in [0.1, 0.15) is 5.82 Å². The van der Waals surface area contributed by atoms with Crippen LogP contribution in [0.4, 0.5) is 15.8 Å². The predicted octanol–water partition coefficient (Wildman–Crippen LogP) is 5.03. The van der Waals surface area contributed by atoms with Gasteiger partial charge in [-0.1, -0.05) is 23.7 Å². The topological polar surface area (TPSA) is 15.3 Å². The number of nitrogens with zero attached hydrogens (tertiary/aromatic N) is 1. The molecule has 0 radical (unpaired) electrons. The lowest BCUT2D eigenvalue weighted by molar-refractivity contribution is 0.624. The number of halogens is 2. The average molecular weight is 307 g/mol. The maximum absolute atomic E-state index is 13.5. The van der Waals surface area contributed by atoms with Crippen molar-refractivity contribution in [2.45, 2.75) is 19.9 Å². The van der Waals surface area contributed by atoms with Crippen molar-refractivity contribution in [3.05, 3.63) is 58.4 Å². The number of hydrogen-bond acceptors (Lipinski definition) is 2. The van der Waals surface area contributed by atoms with E-state index in [-0.39, 0.29) is 16.9 Å². The van der Waals surface area contributed by atoms with E-state index in [1.807, 2.05) is 33.2 Å². The largest absolute Gasteiger partial charge is 0.378 e. The number of aryl methyl sites for hydroxylation is 1. The zero-order valence-corrected chi connectivity index (χ0v) is 13.5. The fraction of sp³-hybridized carbons (Fsp3) is 0.294. The van der Waals surface area contributed by atoms with Crippen LogP contribution < -0.4 is 10.2 Å². The molecule has 0 aliphatic heterocycles. The second-order valence-corrected chi connectivity index (χ2v) is 5.84. The summed E-state index contributed by atoms with van der Waals surface area (Å²) in [6.45, 7) is 4.08. The van der Waals surface area contributed by atoms with Crippen molar-refractivity contribution < 1.29 is 4.39 Å². The summed E-state index contributed by atoms with van der Waals surface area (Å²) in [5.41, 5.74) is 4.25. The third-order valence-corrected chi connectivity index (χ3v) is 3.82. The number of hydrogen-bond donors (Lipinski definition) is 1. The van der Waals surface area contributed by atoms with Gasteiger partial charge in [-0.15, -0.1) is 0 Å². The van der Waals surface area contributed by atoms with Crippen molar-refractivity contribution in [3.63, 3.8) is 0 Å². The first-order valence-corrected chi connectivity index (χ1v) is 7.25. The Morgan fingerprint density at radius 2 is 1.86 bits per heavy atom. The van der Waals surface area contributed by atoms with Crippen LogP contribution in [0.3, 0.4) is 0 Å². The van der Waals surface area contributed by atoms with Crippen molar-refractivity contribution in [2.24, 2.45) is 0 Å². The Kier molecular flexibility index (Phi) is 4.73. The first-order valence-electron chi connectivity index (χ1n) is 6.88. The maximum atomic E-state index is 13.5. The fourth-order valence-corrected chi connectivity index (χ4v) is 2.41. The molecule has 0 fully saturated rings. The summed E-state index contributed by atoms with van der Waals surface area (Å²) >= 11 is 5.72. The Balaban J connectivity index is 2.21. The molecular weight excluding hydrogens is 287 g/mol. The summed E-state index contributed by atoms with van der Waals surface area (Å²) in [7, 11) is 4.04. The van der Waals surface area contributed by atoms with Crippen LogP contribution in [0, 0.1) is 12.7 Å². The molecule has 112 valence electrons. The normalized spacial score (nSPS) is 12.1. The summed E-state index contributed by atoms with van der Waals surface area (Å²) in [4.78, 5) is 2.08. The molecule has 1 N–H and O–H groups in total. The molecule has 0 heterocycles. The Morgan fingerprint density at radius 1 is 1.14 bits per heavy atom. The van der Waals surface area contributed by atoms with E-state index in [9.17, 15) is 4.39 Å². The van der Waals surface area contributed by atoms with Crippen LogP contribution in [0.25, 0.3) is 0 Å². The van der Waals surface area contributed by atoms with Crippen molar-refractivity contribution in [2.75, 3.05) is 24.3 Å². The highest BCUT2D eigenvalue weighted by Gasteiger charge is 2.10. The van der Waals surface area contributed by atoms with Gasteiger partial charge in [0, 0.05) is 31.5 Å². The van der Waals surface area contributed by atoms with Crippen molar-refractivity contribution in [3.8, 4) is 0 Å². The Hall–Kier alpha value is -1.74. The van der Waals surface area contributed by atoms with Crippen LogP contribution in [0.1, 0.15) is 24.1 Å². The minimum Gasteiger partial charge on any atom is -0.378 e. The quantitative estimate of drug-likeness (QED) is 0.852. The van der Waals surface area contributed by atoms with Crippen LogP contribution in [0.15, 0.2) is 36.4 Å². The maximum Gasteiger partial charge on any atom is 0.142 e. The Bertz CT molecular complexity index is 641. The minimum absolute atomic E-state index is 0.00511. The predicted molar refractivity (Wildman–Crippen MR) is 89.0 cm³/mol. The molecule has 2 aromatic rings. The minimum atomic E-state index is -0.388. The van der Waals surface area contributed by atoms with Crippen LogP contribution in [-0.2, 0) is 0 Å². The zero-order chi connectivity index (χ0) is 15.6. The first kappa shape index (κ1) is 15.6. The molecule has 0 saturated heterocycles. The summed E-state index contributed by atoms with van der Waals surface area (Å²) in [6, 6.07) is 11.1. The molecule has 2 aromatic carbocycles. The molecule has 0 amide bonds. The lowest BCUT2D eigenvalue weighted by Crippen LogP contribution is -2.12. The van der Waals surface area contributed by atoms with Crippen molar-refractivity contribution in [1.29, 1.82) is 0 Å². The third kappa shape index (κ3) is 3.67. The van der Waals surface area contributed by atoms with Crippen LogP contribution in [-0.4, -0.2) is 14.1 Å². The molecule has 0 saturated carbocycles.